The van der Waals surface area contributed by atoms with Gasteiger partial charge in [0, 0.05) is 12.2 Å². The van der Waals surface area contributed by atoms with Crippen molar-refractivity contribution >= 4 is 27.2 Å². The van der Waals surface area contributed by atoms with Crippen molar-refractivity contribution in [2.45, 2.75) is 18.2 Å². The molecule has 120 valence electrons. The first-order valence-corrected chi connectivity index (χ1v) is 8.65. The van der Waals surface area contributed by atoms with Crippen LogP contribution in [0.1, 0.15) is 18.9 Å². The molecule has 0 fully saturated rings. The van der Waals surface area contributed by atoms with Crippen LogP contribution in [0.15, 0.2) is 51.8 Å². The van der Waals surface area contributed by atoms with E-state index in [1.54, 1.807) is 29.2 Å². The molecule has 3 rings (SSSR count). The van der Waals surface area contributed by atoms with E-state index in [0.29, 0.717) is 17.9 Å². The Labute approximate surface area is 134 Å². The second-order valence-electron chi connectivity index (χ2n) is 5.25. The molecule has 2 aromatic rings. The number of amidine groups is 1. The van der Waals surface area contributed by atoms with Crippen LogP contribution in [-0.4, -0.2) is 20.8 Å². The highest BCUT2D eigenvalue weighted by atomic mass is 32.2. The van der Waals surface area contributed by atoms with Crippen molar-refractivity contribution in [2.24, 2.45) is 4.40 Å². The van der Waals surface area contributed by atoms with Crippen molar-refractivity contribution in [1.82, 2.24) is 0 Å². The Kier molecular flexibility index (Phi) is 3.81. The molecule has 0 aromatic heterocycles. The number of hydrogen-bond acceptors (Lipinski definition) is 4. The highest BCUT2D eigenvalue weighted by Crippen LogP contribution is 2.35. The van der Waals surface area contributed by atoms with Crippen molar-refractivity contribution in [1.29, 1.82) is 0 Å². The third-order valence-corrected chi connectivity index (χ3v) is 4.87. The van der Waals surface area contributed by atoms with Crippen molar-refractivity contribution in [3.8, 4) is 0 Å². The number of nitrogen functional groups attached to an aromatic ring is 1. The van der Waals surface area contributed by atoms with Crippen LogP contribution >= 0.6 is 0 Å². The van der Waals surface area contributed by atoms with Crippen molar-refractivity contribution in [2.75, 3.05) is 17.2 Å². The van der Waals surface area contributed by atoms with E-state index in [4.69, 9.17) is 5.73 Å². The Morgan fingerprint density at radius 2 is 1.96 bits per heavy atom. The van der Waals surface area contributed by atoms with Crippen LogP contribution in [0.25, 0.3) is 0 Å². The fourth-order valence-electron chi connectivity index (χ4n) is 2.57. The molecule has 0 atom stereocenters. The monoisotopic (exact) mass is 333 g/mol. The average Bonchev–Trinajstić information content (AvgIpc) is 2.51. The van der Waals surface area contributed by atoms with Gasteiger partial charge in [0.25, 0.3) is 10.0 Å². The molecule has 2 aromatic carbocycles. The summed E-state index contributed by atoms with van der Waals surface area (Å²) in [6.45, 7) is 2.47. The lowest BCUT2D eigenvalue weighted by Gasteiger charge is -2.31. The zero-order valence-corrected chi connectivity index (χ0v) is 13.3. The van der Waals surface area contributed by atoms with Crippen LogP contribution in [0.2, 0.25) is 0 Å². The van der Waals surface area contributed by atoms with Crippen LogP contribution in [0.5, 0.6) is 0 Å². The number of hydrogen-bond donors (Lipinski definition) is 1. The Balaban J connectivity index is 2.27. The van der Waals surface area contributed by atoms with Gasteiger partial charge in [-0.2, -0.15) is 8.42 Å². The highest BCUT2D eigenvalue weighted by Gasteiger charge is 2.32. The Morgan fingerprint density at radius 3 is 2.65 bits per heavy atom. The molecule has 5 nitrogen and oxygen atoms in total. The Bertz CT molecular complexity index is 894. The second-order valence-corrected chi connectivity index (χ2v) is 6.82. The number of nitrogens with zero attached hydrogens (tertiary/aromatic N) is 2. The van der Waals surface area contributed by atoms with E-state index in [1.807, 2.05) is 6.92 Å². The first kappa shape index (κ1) is 15.5. The zero-order chi connectivity index (χ0) is 16.6. The summed E-state index contributed by atoms with van der Waals surface area (Å²) in [5.74, 6) is -0.413. The van der Waals surface area contributed by atoms with Gasteiger partial charge in [0.05, 0.1) is 11.3 Å². The molecular weight excluding hydrogens is 317 g/mol. The molecule has 0 saturated heterocycles. The predicted molar refractivity (Wildman–Crippen MR) is 88.6 cm³/mol. The SMILES string of the molecule is CCCN1C(c2ccccc2F)=NS(=O)(=O)c2cc(N)ccc21. The quantitative estimate of drug-likeness (QED) is 0.876. The lowest BCUT2D eigenvalue weighted by Crippen LogP contribution is -2.37. The summed E-state index contributed by atoms with van der Waals surface area (Å²) in [6.07, 6.45) is 0.747. The van der Waals surface area contributed by atoms with Gasteiger partial charge in [-0.1, -0.05) is 19.1 Å². The molecule has 1 heterocycles. The maximum absolute atomic E-state index is 14.2. The highest BCUT2D eigenvalue weighted by molar-refractivity contribution is 7.90. The van der Waals surface area contributed by atoms with Gasteiger partial charge in [-0.3, -0.25) is 0 Å². The standard InChI is InChI=1S/C16H16FN3O2S/c1-2-9-20-14-8-7-11(18)10-15(14)23(21,22)19-16(20)12-5-3-4-6-13(12)17/h3-8,10H,2,9,18H2,1H3. The average molecular weight is 333 g/mol. The molecule has 0 bridgehead atoms. The second kappa shape index (κ2) is 5.66. The van der Waals surface area contributed by atoms with Crippen molar-refractivity contribution in [3.05, 3.63) is 53.8 Å². The summed E-state index contributed by atoms with van der Waals surface area (Å²) in [6, 6.07) is 10.6. The van der Waals surface area contributed by atoms with Gasteiger partial charge in [0.1, 0.15) is 10.7 Å². The molecule has 0 saturated carbocycles. The Morgan fingerprint density at radius 1 is 1.22 bits per heavy atom. The van der Waals surface area contributed by atoms with Crippen molar-refractivity contribution < 1.29 is 12.8 Å². The minimum Gasteiger partial charge on any atom is -0.399 e. The van der Waals surface area contributed by atoms with E-state index in [0.717, 1.165) is 6.42 Å². The molecule has 0 spiro atoms. The van der Waals surface area contributed by atoms with Crippen LogP contribution in [0, 0.1) is 5.82 Å². The van der Waals surface area contributed by atoms with Gasteiger partial charge < -0.3 is 10.6 Å². The lowest BCUT2D eigenvalue weighted by atomic mass is 10.1. The molecule has 2 N–H and O–H groups in total. The predicted octanol–water partition coefficient (Wildman–Crippen LogP) is 2.77. The molecule has 0 radical (unpaired) electrons. The Hall–Kier alpha value is -2.41. The van der Waals surface area contributed by atoms with E-state index in [-0.39, 0.29) is 16.3 Å². The number of sulfonamides is 1. The van der Waals surface area contributed by atoms with E-state index >= 15 is 0 Å². The van der Waals surface area contributed by atoms with Gasteiger partial charge in [-0.15, -0.1) is 4.40 Å². The number of nitrogens with two attached hydrogens (primary N) is 1. The molecular formula is C16H16FN3O2S. The van der Waals surface area contributed by atoms with E-state index in [2.05, 4.69) is 4.40 Å². The van der Waals surface area contributed by atoms with Crippen LogP contribution in [0.4, 0.5) is 15.8 Å². The summed E-state index contributed by atoms with van der Waals surface area (Å²) in [7, 11) is -3.93. The summed E-state index contributed by atoms with van der Waals surface area (Å²) in [5.41, 5.74) is 6.67. The van der Waals surface area contributed by atoms with Gasteiger partial charge in [0.2, 0.25) is 0 Å². The van der Waals surface area contributed by atoms with E-state index in [1.165, 1.54) is 18.2 Å². The number of anilines is 2. The zero-order valence-electron chi connectivity index (χ0n) is 12.5. The third kappa shape index (κ3) is 2.68. The number of halogens is 1. The molecule has 23 heavy (non-hydrogen) atoms. The summed E-state index contributed by atoms with van der Waals surface area (Å²) in [5, 5.41) is 0. The molecule has 0 amide bonds. The van der Waals surface area contributed by atoms with Gasteiger partial charge >= 0.3 is 0 Å². The number of rotatable bonds is 3. The fraction of sp³-hybridized carbons (Fsp3) is 0.188. The largest absolute Gasteiger partial charge is 0.399 e. The number of fused-ring (bicyclic) bond motifs is 1. The smallest absolute Gasteiger partial charge is 0.286 e. The van der Waals surface area contributed by atoms with Crippen molar-refractivity contribution in [3.63, 3.8) is 0 Å². The van der Waals surface area contributed by atoms with Crippen LogP contribution < -0.4 is 10.6 Å². The maximum Gasteiger partial charge on any atom is 0.286 e. The molecule has 1 aliphatic rings. The first-order valence-electron chi connectivity index (χ1n) is 7.21. The lowest BCUT2D eigenvalue weighted by molar-refractivity contribution is 0.596. The normalized spacial score (nSPS) is 15.9. The minimum atomic E-state index is -3.93. The van der Waals surface area contributed by atoms with Crippen LogP contribution in [-0.2, 0) is 10.0 Å². The minimum absolute atomic E-state index is 0.0473. The third-order valence-electron chi connectivity index (χ3n) is 3.58. The van der Waals surface area contributed by atoms with Gasteiger partial charge in [0.15, 0.2) is 5.84 Å². The van der Waals surface area contributed by atoms with Gasteiger partial charge in [-0.25, -0.2) is 4.39 Å². The maximum atomic E-state index is 14.2. The summed E-state index contributed by atoms with van der Waals surface area (Å²) < 4.78 is 43.0. The molecule has 7 heteroatoms. The topological polar surface area (TPSA) is 75.8 Å². The first-order chi connectivity index (χ1) is 10.9. The number of benzene rings is 2. The van der Waals surface area contributed by atoms with E-state index in [9.17, 15) is 12.8 Å². The van der Waals surface area contributed by atoms with Gasteiger partial charge in [-0.05, 0) is 36.8 Å². The summed E-state index contributed by atoms with van der Waals surface area (Å²) >= 11 is 0. The molecule has 1 aliphatic heterocycles. The summed E-state index contributed by atoms with van der Waals surface area (Å²) in [4.78, 5) is 1.76. The van der Waals surface area contributed by atoms with E-state index < -0.39 is 15.8 Å². The fourth-order valence-corrected chi connectivity index (χ4v) is 3.82. The molecule has 0 unspecified atom stereocenters. The van der Waals surface area contributed by atoms with Crippen LogP contribution in [0.3, 0.4) is 0 Å². The molecule has 0 aliphatic carbocycles.